The van der Waals surface area contributed by atoms with Crippen molar-refractivity contribution in [3.8, 4) is 5.75 Å². The number of halogens is 1. The van der Waals surface area contributed by atoms with Gasteiger partial charge in [0.25, 0.3) is 0 Å². The van der Waals surface area contributed by atoms with Crippen LogP contribution < -0.4 is 16.0 Å². The Bertz CT molecular complexity index is 481. The summed E-state index contributed by atoms with van der Waals surface area (Å²) in [4.78, 5) is 21.0. The molecule has 1 rings (SSSR count). The van der Waals surface area contributed by atoms with Crippen LogP contribution in [-0.2, 0) is 4.79 Å². The number of rotatable bonds is 6. The number of nitrogens with one attached hydrogen (secondary N) is 1. The van der Waals surface area contributed by atoms with E-state index in [0.29, 0.717) is 0 Å². The smallest absolute Gasteiger partial charge is 0.314 e. The van der Waals surface area contributed by atoms with Crippen LogP contribution in [0.5, 0.6) is 5.75 Å². The minimum absolute atomic E-state index is 0.0833. The van der Waals surface area contributed by atoms with Crippen LogP contribution >= 0.6 is 0 Å². The zero-order valence-electron chi connectivity index (χ0n) is 10.3. The number of nitrogens with two attached hydrogens (primary N) is 1. The van der Waals surface area contributed by atoms with E-state index in [9.17, 15) is 19.3 Å². The van der Waals surface area contributed by atoms with Crippen LogP contribution in [0.3, 0.4) is 0 Å². The summed E-state index contributed by atoms with van der Waals surface area (Å²) < 4.78 is 18.7. The number of nitrogens with zero attached hydrogens (tertiary/aromatic N) is 1. The summed E-state index contributed by atoms with van der Waals surface area (Å²) in [6, 6.07) is 3.45. The Morgan fingerprint density at radius 1 is 1.63 bits per heavy atom. The number of hydrogen-bond acceptors (Lipinski definition) is 5. The van der Waals surface area contributed by atoms with Gasteiger partial charge in [0.15, 0.2) is 5.82 Å². The van der Waals surface area contributed by atoms with Crippen LogP contribution in [0.4, 0.5) is 10.1 Å². The van der Waals surface area contributed by atoms with Crippen molar-refractivity contribution < 1.29 is 18.8 Å². The van der Waals surface area contributed by atoms with Gasteiger partial charge in [0.05, 0.1) is 11.0 Å². The summed E-state index contributed by atoms with van der Waals surface area (Å²) in [5, 5.41) is 10.7. The number of benzene rings is 1. The lowest BCUT2D eigenvalue weighted by molar-refractivity contribution is -0.386. The molecule has 1 atom stereocenters. The van der Waals surface area contributed by atoms with E-state index in [2.05, 4.69) is 0 Å². The Labute approximate surface area is 108 Å². The Kier molecular flexibility index (Phi) is 5.19. The zero-order valence-corrected chi connectivity index (χ0v) is 10.3. The third kappa shape index (κ3) is 4.18. The number of nitro benzene ring substituents is 1. The lowest BCUT2D eigenvalue weighted by Gasteiger charge is -2.14. The Morgan fingerprint density at radius 2 is 2.32 bits per heavy atom. The standard InChI is InChI=1S/C11H14FN3O4/c1-7(5-6-10(16)14-13)19-11-8(12)3-2-4-9(11)15(17)18/h2-4,7H,5-6,13H2,1H3,(H,14,16). The van der Waals surface area contributed by atoms with Crippen molar-refractivity contribution in [2.24, 2.45) is 5.84 Å². The number of hydrazine groups is 1. The first-order valence-electron chi connectivity index (χ1n) is 5.54. The Hall–Kier alpha value is -2.22. The molecule has 7 nitrogen and oxygen atoms in total. The first-order valence-corrected chi connectivity index (χ1v) is 5.54. The summed E-state index contributed by atoms with van der Waals surface area (Å²) >= 11 is 0. The van der Waals surface area contributed by atoms with Gasteiger partial charge >= 0.3 is 5.69 Å². The highest BCUT2D eigenvalue weighted by atomic mass is 19.1. The molecule has 0 radical (unpaired) electrons. The first-order chi connectivity index (χ1) is 8.95. The van der Waals surface area contributed by atoms with Crippen molar-refractivity contribution in [3.05, 3.63) is 34.1 Å². The highest BCUT2D eigenvalue weighted by Crippen LogP contribution is 2.30. The maximum absolute atomic E-state index is 13.5. The molecule has 104 valence electrons. The van der Waals surface area contributed by atoms with Gasteiger partial charge in [-0.1, -0.05) is 6.07 Å². The highest BCUT2D eigenvalue weighted by Gasteiger charge is 2.21. The molecule has 0 fully saturated rings. The third-order valence-corrected chi connectivity index (χ3v) is 2.40. The van der Waals surface area contributed by atoms with Gasteiger partial charge in [0.2, 0.25) is 11.7 Å². The van der Waals surface area contributed by atoms with Crippen LogP contribution in [0.25, 0.3) is 0 Å². The number of hydrogen-bond donors (Lipinski definition) is 2. The fraction of sp³-hybridized carbons (Fsp3) is 0.364. The molecule has 0 aliphatic carbocycles. The van der Waals surface area contributed by atoms with E-state index in [-0.39, 0.29) is 12.8 Å². The fourth-order valence-electron chi connectivity index (χ4n) is 1.42. The molecule has 1 aromatic carbocycles. The SMILES string of the molecule is CC(CCC(=O)NN)Oc1c(F)cccc1[N+](=O)[O-]. The van der Waals surface area contributed by atoms with Crippen LogP contribution in [0.15, 0.2) is 18.2 Å². The summed E-state index contributed by atoms with van der Waals surface area (Å²) in [5.41, 5.74) is 1.50. The van der Waals surface area contributed by atoms with Gasteiger partial charge in [0.1, 0.15) is 0 Å². The monoisotopic (exact) mass is 271 g/mol. The van der Waals surface area contributed by atoms with Crippen LogP contribution in [0.1, 0.15) is 19.8 Å². The van der Waals surface area contributed by atoms with Gasteiger partial charge in [-0.25, -0.2) is 10.2 Å². The molecule has 1 amide bonds. The van der Waals surface area contributed by atoms with Gasteiger partial charge < -0.3 is 4.74 Å². The molecule has 0 aliphatic rings. The Morgan fingerprint density at radius 3 is 2.89 bits per heavy atom. The molecule has 0 heterocycles. The van der Waals surface area contributed by atoms with Gasteiger partial charge in [-0.2, -0.15) is 0 Å². The van der Waals surface area contributed by atoms with Crippen LogP contribution in [0, 0.1) is 15.9 Å². The van der Waals surface area contributed by atoms with E-state index >= 15 is 0 Å². The van der Waals surface area contributed by atoms with Crippen molar-refractivity contribution in [3.63, 3.8) is 0 Å². The first kappa shape index (κ1) is 14.8. The van der Waals surface area contributed by atoms with E-state index in [0.717, 1.165) is 12.1 Å². The number of carbonyl (C=O) groups excluding carboxylic acids is 1. The molecule has 19 heavy (non-hydrogen) atoms. The van der Waals surface area contributed by atoms with Crippen LogP contribution in [-0.4, -0.2) is 16.9 Å². The van der Waals surface area contributed by atoms with Gasteiger partial charge in [0, 0.05) is 12.5 Å². The average Bonchev–Trinajstić information content (AvgIpc) is 2.38. The molecule has 8 heteroatoms. The third-order valence-electron chi connectivity index (χ3n) is 2.40. The molecule has 0 aliphatic heterocycles. The second-order valence-corrected chi connectivity index (χ2v) is 3.88. The minimum atomic E-state index is -0.815. The highest BCUT2D eigenvalue weighted by molar-refractivity contribution is 5.75. The molecule has 1 unspecified atom stereocenters. The molecule has 1 aromatic rings. The summed E-state index contributed by atoms with van der Waals surface area (Å²) in [5.74, 6) is 3.28. The number of ether oxygens (including phenoxy) is 1. The Balaban J connectivity index is 2.76. The van der Waals surface area contributed by atoms with Gasteiger partial charge in [-0.15, -0.1) is 0 Å². The average molecular weight is 271 g/mol. The van der Waals surface area contributed by atoms with Crippen molar-refractivity contribution in [2.75, 3.05) is 0 Å². The molecule has 0 saturated heterocycles. The second kappa shape index (κ2) is 6.64. The molecule has 0 bridgehead atoms. The predicted octanol–water partition coefficient (Wildman–Crippen LogP) is 1.27. The summed E-state index contributed by atoms with van der Waals surface area (Å²) in [7, 11) is 0. The normalized spacial score (nSPS) is 11.7. The molecule has 3 N–H and O–H groups in total. The maximum Gasteiger partial charge on any atom is 0.314 e. The van der Waals surface area contributed by atoms with Gasteiger partial charge in [-0.3, -0.25) is 20.3 Å². The van der Waals surface area contributed by atoms with E-state index in [4.69, 9.17) is 10.6 Å². The van der Waals surface area contributed by atoms with Gasteiger partial charge in [-0.05, 0) is 19.4 Å². The maximum atomic E-state index is 13.5. The number of para-hydroxylation sites is 1. The quantitative estimate of drug-likeness (QED) is 0.350. The van der Waals surface area contributed by atoms with Crippen molar-refractivity contribution in [1.82, 2.24) is 5.43 Å². The number of amides is 1. The van der Waals surface area contributed by atoms with Crippen molar-refractivity contribution >= 4 is 11.6 Å². The van der Waals surface area contributed by atoms with Crippen molar-refractivity contribution in [1.29, 1.82) is 0 Å². The topological polar surface area (TPSA) is 107 Å². The molecule has 0 aromatic heterocycles. The zero-order chi connectivity index (χ0) is 14.4. The summed E-state index contributed by atoms with van der Waals surface area (Å²) in [6.45, 7) is 1.58. The minimum Gasteiger partial charge on any atom is -0.482 e. The second-order valence-electron chi connectivity index (χ2n) is 3.88. The van der Waals surface area contributed by atoms with E-state index in [1.54, 1.807) is 6.92 Å². The van der Waals surface area contributed by atoms with E-state index < -0.39 is 34.2 Å². The molecule has 0 saturated carbocycles. The predicted molar refractivity (Wildman–Crippen MR) is 64.7 cm³/mol. The molecular formula is C11H14FN3O4. The molecule has 0 spiro atoms. The number of nitro groups is 1. The van der Waals surface area contributed by atoms with Crippen LogP contribution in [0.2, 0.25) is 0 Å². The lowest BCUT2D eigenvalue weighted by Crippen LogP contribution is -2.30. The fourth-order valence-corrected chi connectivity index (χ4v) is 1.42. The number of carbonyl (C=O) groups is 1. The summed E-state index contributed by atoms with van der Waals surface area (Å²) in [6.07, 6.45) is -0.220. The van der Waals surface area contributed by atoms with E-state index in [1.165, 1.54) is 6.07 Å². The largest absolute Gasteiger partial charge is 0.482 e. The van der Waals surface area contributed by atoms with E-state index in [1.807, 2.05) is 5.43 Å². The lowest BCUT2D eigenvalue weighted by atomic mass is 10.2. The van der Waals surface area contributed by atoms with Crippen molar-refractivity contribution in [2.45, 2.75) is 25.9 Å². The molecular weight excluding hydrogens is 257 g/mol.